The second kappa shape index (κ2) is 11.2. The van der Waals surface area contributed by atoms with Crippen LogP contribution in [0.3, 0.4) is 0 Å². The first-order valence-electron chi connectivity index (χ1n) is 8.12. The number of carbonyl (C=O) groups excluding carboxylic acids is 1. The quantitative estimate of drug-likeness (QED) is 0.648. The van der Waals surface area contributed by atoms with Crippen molar-refractivity contribution in [3.8, 4) is 10.4 Å². The van der Waals surface area contributed by atoms with Gasteiger partial charge in [0.1, 0.15) is 5.82 Å². The lowest BCUT2D eigenvalue weighted by Gasteiger charge is -2.06. The summed E-state index contributed by atoms with van der Waals surface area (Å²) in [4.78, 5) is 16.2. The summed E-state index contributed by atoms with van der Waals surface area (Å²) in [7, 11) is 0. The number of halogens is 2. The number of rotatable bonds is 3. The van der Waals surface area contributed by atoms with Crippen LogP contribution in [0.5, 0.6) is 0 Å². The Hall–Kier alpha value is -1.46. The highest BCUT2D eigenvalue weighted by Gasteiger charge is 2.19. The van der Waals surface area contributed by atoms with E-state index in [-0.39, 0.29) is 11.8 Å². The molecule has 1 aromatic carbocycles. The van der Waals surface area contributed by atoms with Gasteiger partial charge in [0, 0.05) is 17.5 Å². The van der Waals surface area contributed by atoms with E-state index in [1.807, 2.05) is 41.5 Å². The molecule has 1 amide bonds. The summed E-state index contributed by atoms with van der Waals surface area (Å²) in [6.07, 6.45) is 0. The fourth-order valence-electron chi connectivity index (χ4n) is 1.79. The lowest BCUT2D eigenvalue weighted by Crippen LogP contribution is -2.05. The topological polar surface area (TPSA) is 42.0 Å². The minimum Gasteiger partial charge on any atom is -0.302 e. The van der Waals surface area contributed by atoms with Crippen molar-refractivity contribution in [3.05, 3.63) is 34.7 Å². The third-order valence-corrected chi connectivity index (χ3v) is 3.91. The number of amides is 1. The first kappa shape index (κ1) is 22.5. The van der Waals surface area contributed by atoms with Crippen molar-refractivity contribution in [2.45, 2.75) is 54.4 Å². The zero-order valence-electron chi connectivity index (χ0n) is 15.3. The molecule has 1 heterocycles. The van der Waals surface area contributed by atoms with Crippen LogP contribution >= 0.6 is 22.9 Å². The van der Waals surface area contributed by atoms with Gasteiger partial charge in [-0.15, -0.1) is 0 Å². The Morgan fingerprint density at radius 1 is 1.25 bits per heavy atom. The third-order valence-electron chi connectivity index (χ3n) is 2.66. The van der Waals surface area contributed by atoms with Crippen LogP contribution in [0.4, 0.5) is 9.52 Å². The second-order valence-corrected chi connectivity index (χ2v) is 6.13. The molecule has 0 aliphatic carbocycles. The highest BCUT2D eigenvalue weighted by atomic mass is 35.5. The average Bonchev–Trinajstić information content (AvgIpc) is 2.94. The van der Waals surface area contributed by atoms with Crippen molar-refractivity contribution >= 4 is 34.0 Å². The van der Waals surface area contributed by atoms with E-state index in [4.69, 9.17) is 11.6 Å². The first-order valence-corrected chi connectivity index (χ1v) is 9.31. The Bertz CT molecular complexity index is 656. The molecule has 0 aliphatic heterocycles. The molecule has 0 spiro atoms. The maximum atomic E-state index is 14.1. The zero-order chi connectivity index (χ0) is 18.9. The second-order valence-electron chi connectivity index (χ2n) is 4.69. The number of aromatic nitrogens is 1. The average molecular weight is 373 g/mol. The molecule has 6 heteroatoms. The fraction of sp³-hybridized carbons (Fsp3) is 0.444. The summed E-state index contributed by atoms with van der Waals surface area (Å²) in [5.74, 6) is -0.464. The molecule has 1 aromatic heterocycles. The number of thiazole rings is 1. The molecule has 0 atom stereocenters. The van der Waals surface area contributed by atoms with Crippen LogP contribution in [0, 0.1) is 5.82 Å². The Morgan fingerprint density at radius 2 is 1.83 bits per heavy atom. The van der Waals surface area contributed by atoms with E-state index in [0.717, 1.165) is 10.6 Å². The van der Waals surface area contributed by atoms with Crippen LogP contribution in [0.15, 0.2) is 18.2 Å². The molecule has 0 unspecified atom stereocenters. The summed E-state index contributed by atoms with van der Waals surface area (Å²) >= 11 is 7.03. The molecule has 0 fully saturated rings. The lowest BCUT2D eigenvalue weighted by molar-refractivity contribution is -0.114. The van der Waals surface area contributed by atoms with Gasteiger partial charge in [-0.05, 0) is 24.1 Å². The minimum absolute atomic E-state index is 0.124. The van der Waals surface area contributed by atoms with E-state index in [9.17, 15) is 9.18 Å². The molecule has 2 rings (SSSR count). The molecular formula is C18H26ClFN2OS. The normalized spacial score (nSPS) is 9.58. The van der Waals surface area contributed by atoms with Crippen molar-refractivity contribution in [1.29, 1.82) is 0 Å². The summed E-state index contributed by atoms with van der Waals surface area (Å²) in [5, 5.41) is 3.47. The molecule has 0 aliphatic rings. The number of hydrogen-bond acceptors (Lipinski definition) is 3. The predicted molar refractivity (Wildman–Crippen MR) is 104 cm³/mol. The lowest BCUT2D eigenvalue weighted by atomic mass is 10.1. The molecular weight excluding hydrogens is 347 g/mol. The van der Waals surface area contributed by atoms with Crippen molar-refractivity contribution in [3.63, 3.8) is 0 Å². The summed E-state index contributed by atoms with van der Waals surface area (Å²) < 4.78 is 14.1. The Morgan fingerprint density at radius 3 is 2.29 bits per heavy atom. The van der Waals surface area contributed by atoms with E-state index in [1.165, 1.54) is 24.3 Å². The van der Waals surface area contributed by atoms with Gasteiger partial charge >= 0.3 is 0 Å². The first-order chi connectivity index (χ1) is 11.4. The van der Waals surface area contributed by atoms with Gasteiger partial charge in [0.15, 0.2) is 5.13 Å². The van der Waals surface area contributed by atoms with Gasteiger partial charge in [-0.2, -0.15) is 0 Å². The van der Waals surface area contributed by atoms with Gasteiger partial charge in [-0.3, -0.25) is 4.79 Å². The van der Waals surface area contributed by atoms with Crippen molar-refractivity contribution < 1.29 is 9.18 Å². The van der Waals surface area contributed by atoms with Gasteiger partial charge in [-0.25, -0.2) is 9.37 Å². The number of anilines is 1. The maximum Gasteiger partial charge on any atom is 0.223 e. The van der Waals surface area contributed by atoms with Gasteiger partial charge in [-0.1, -0.05) is 64.5 Å². The van der Waals surface area contributed by atoms with Crippen LogP contribution in [0.25, 0.3) is 10.4 Å². The van der Waals surface area contributed by atoms with Crippen molar-refractivity contribution in [2.75, 3.05) is 5.32 Å². The smallest absolute Gasteiger partial charge is 0.223 e. The Kier molecular flexibility index (Phi) is 10.5. The van der Waals surface area contributed by atoms with E-state index in [1.54, 1.807) is 12.1 Å². The molecule has 2 aromatic rings. The number of benzene rings is 1. The van der Waals surface area contributed by atoms with Gasteiger partial charge in [0.25, 0.3) is 0 Å². The third kappa shape index (κ3) is 6.21. The largest absolute Gasteiger partial charge is 0.302 e. The van der Waals surface area contributed by atoms with Gasteiger partial charge in [0.2, 0.25) is 5.91 Å². The predicted octanol–water partition coefficient (Wildman–Crippen LogP) is 6.74. The van der Waals surface area contributed by atoms with E-state index >= 15 is 0 Å². The maximum absolute atomic E-state index is 14.1. The van der Waals surface area contributed by atoms with Crippen molar-refractivity contribution in [2.24, 2.45) is 0 Å². The zero-order valence-corrected chi connectivity index (χ0v) is 16.9. The van der Waals surface area contributed by atoms with Crippen LogP contribution in [-0.4, -0.2) is 10.9 Å². The monoisotopic (exact) mass is 372 g/mol. The summed E-state index contributed by atoms with van der Waals surface area (Å²) in [5.41, 5.74) is 1.21. The highest BCUT2D eigenvalue weighted by Crippen LogP contribution is 2.38. The Labute approximate surface area is 153 Å². The molecule has 3 nitrogen and oxygen atoms in total. The minimum atomic E-state index is -0.391. The molecule has 0 radical (unpaired) electrons. The van der Waals surface area contributed by atoms with E-state index < -0.39 is 5.82 Å². The number of nitrogens with zero attached hydrogens (tertiary/aromatic N) is 1. The van der Waals surface area contributed by atoms with Gasteiger partial charge < -0.3 is 5.32 Å². The molecule has 0 saturated carbocycles. The SMILES string of the molecule is CC.CC.CC(=O)Nc1nc(C(C)C)c(-c2ccc(Cl)cc2F)s1. The van der Waals surface area contributed by atoms with E-state index in [0.29, 0.717) is 15.7 Å². The molecule has 134 valence electrons. The van der Waals surface area contributed by atoms with Crippen LogP contribution in [0.1, 0.15) is 60.1 Å². The Balaban J connectivity index is 0.00000123. The van der Waals surface area contributed by atoms with Crippen LogP contribution < -0.4 is 5.32 Å². The van der Waals surface area contributed by atoms with Crippen LogP contribution in [0.2, 0.25) is 5.02 Å². The molecule has 24 heavy (non-hydrogen) atoms. The molecule has 0 saturated heterocycles. The van der Waals surface area contributed by atoms with E-state index in [2.05, 4.69) is 10.3 Å². The number of hydrogen-bond donors (Lipinski definition) is 1. The van der Waals surface area contributed by atoms with Crippen LogP contribution in [-0.2, 0) is 4.79 Å². The highest BCUT2D eigenvalue weighted by molar-refractivity contribution is 7.19. The van der Waals surface area contributed by atoms with Gasteiger partial charge in [0.05, 0.1) is 10.6 Å². The summed E-state index contributed by atoms with van der Waals surface area (Å²) in [6.45, 7) is 13.4. The summed E-state index contributed by atoms with van der Waals surface area (Å²) in [6, 6.07) is 4.55. The standard InChI is InChI=1S/C14H14ClFN2OS.2C2H6/c1-7(2)12-13(20-14(18-12)17-8(3)19)10-5-4-9(15)6-11(10)16;2*1-2/h4-7H,1-3H3,(H,17,18,19);2*1-2H3. The van der Waals surface area contributed by atoms with Crippen molar-refractivity contribution in [1.82, 2.24) is 4.98 Å². The number of carbonyl (C=O) groups is 1. The fourth-order valence-corrected chi connectivity index (χ4v) is 3.15. The molecule has 0 bridgehead atoms. The molecule has 1 N–H and O–H groups in total. The number of nitrogens with one attached hydrogen (secondary N) is 1.